The fourth-order valence-electron chi connectivity index (χ4n) is 2.19. The summed E-state index contributed by atoms with van der Waals surface area (Å²) < 4.78 is 0. The summed E-state index contributed by atoms with van der Waals surface area (Å²) in [6, 6.07) is 2.40. The molecule has 0 bridgehead atoms. The Hall–Kier alpha value is -0.870. The van der Waals surface area contributed by atoms with Crippen molar-refractivity contribution in [2.45, 2.75) is 39.2 Å². The van der Waals surface area contributed by atoms with E-state index in [1.54, 1.807) is 11.3 Å². The SMILES string of the molecule is CCN[C@H](C)CNC(=O)c1cc2c(s1)CCC2. The van der Waals surface area contributed by atoms with Gasteiger partial charge in [0.25, 0.3) is 5.91 Å². The summed E-state index contributed by atoms with van der Waals surface area (Å²) in [6.45, 7) is 5.78. The van der Waals surface area contributed by atoms with Gasteiger partial charge in [0.05, 0.1) is 4.88 Å². The molecule has 2 rings (SSSR count). The predicted octanol–water partition coefficient (Wildman–Crippen LogP) is 1.96. The van der Waals surface area contributed by atoms with Crippen LogP contribution in [-0.4, -0.2) is 25.0 Å². The molecule has 1 aliphatic carbocycles. The molecule has 1 amide bonds. The molecule has 0 unspecified atom stereocenters. The second-order valence-electron chi connectivity index (χ2n) is 4.58. The number of aryl methyl sites for hydroxylation is 2. The highest BCUT2D eigenvalue weighted by molar-refractivity contribution is 7.14. The molecule has 2 N–H and O–H groups in total. The van der Waals surface area contributed by atoms with Crippen LogP contribution < -0.4 is 10.6 Å². The van der Waals surface area contributed by atoms with E-state index in [0.717, 1.165) is 24.3 Å². The van der Waals surface area contributed by atoms with E-state index in [4.69, 9.17) is 0 Å². The van der Waals surface area contributed by atoms with Crippen molar-refractivity contribution in [2.24, 2.45) is 0 Å². The number of carbonyl (C=O) groups excluding carboxylic acids is 1. The molecule has 17 heavy (non-hydrogen) atoms. The highest BCUT2D eigenvalue weighted by Gasteiger charge is 2.18. The topological polar surface area (TPSA) is 41.1 Å². The molecule has 0 saturated carbocycles. The van der Waals surface area contributed by atoms with Crippen molar-refractivity contribution >= 4 is 17.2 Å². The van der Waals surface area contributed by atoms with Crippen molar-refractivity contribution < 1.29 is 4.79 Å². The normalized spacial score (nSPS) is 15.6. The molecule has 4 heteroatoms. The van der Waals surface area contributed by atoms with Crippen LogP contribution in [0.1, 0.15) is 40.4 Å². The zero-order chi connectivity index (χ0) is 12.3. The molecule has 0 aliphatic heterocycles. The van der Waals surface area contributed by atoms with Crippen molar-refractivity contribution in [3.63, 3.8) is 0 Å². The second kappa shape index (κ2) is 5.65. The fraction of sp³-hybridized carbons (Fsp3) is 0.615. The Kier molecular flexibility index (Phi) is 4.18. The number of hydrogen-bond donors (Lipinski definition) is 2. The Morgan fingerprint density at radius 3 is 3.06 bits per heavy atom. The number of fused-ring (bicyclic) bond motifs is 1. The van der Waals surface area contributed by atoms with Crippen LogP contribution in [-0.2, 0) is 12.8 Å². The lowest BCUT2D eigenvalue weighted by molar-refractivity contribution is 0.0954. The molecular weight excluding hydrogens is 232 g/mol. The highest BCUT2D eigenvalue weighted by Crippen LogP contribution is 2.30. The van der Waals surface area contributed by atoms with Gasteiger partial charge in [0, 0.05) is 17.5 Å². The lowest BCUT2D eigenvalue weighted by Gasteiger charge is -2.12. The minimum absolute atomic E-state index is 0.0779. The van der Waals surface area contributed by atoms with Crippen molar-refractivity contribution in [3.8, 4) is 0 Å². The molecule has 0 saturated heterocycles. The van der Waals surface area contributed by atoms with E-state index in [2.05, 4.69) is 30.5 Å². The van der Waals surface area contributed by atoms with Crippen LogP contribution in [0.2, 0.25) is 0 Å². The third-order valence-electron chi connectivity index (χ3n) is 3.09. The van der Waals surface area contributed by atoms with Gasteiger partial charge in [-0.2, -0.15) is 0 Å². The zero-order valence-corrected chi connectivity index (χ0v) is 11.3. The molecule has 0 radical (unpaired) electrons. The van der Waals surface area contributed by atoms with Gasteiger partial charge in [-0.25, -0.2) is 0 Å². The molecule has 1 heterocycles. The first-order valence-corrected chi connectivity index (χ1v) is 7.15. The van der Waals surface area contributed by atoms with E-state index >= 15 is 0 Å². The second-order valence-corrected chi connectivity index (χ2v) is 5.72. The molecule has 0 fully saturated rings. The Morgan fingerprint density at radius 1 is 1.53 bits per heavy atom. The molecule has 1 aromatic heterocycles. The highest BCUT2D eigenvalue weighted by atomic mass is 32.1. The molecule has 1 aliphatic rings. The molecular formula is C13H20N2OS. The summed E-state index contributed by atoms with van der Waals surface area (Å²) in [5.74, 6) is 0.0779. The van der Waals surface area contributed by atoms with Crippen LogP contribution in [0, 0.1) is 0 Å². The molecule has 3 nitrogen and oxygen atoms in total. The third kappa shape index (κ3) is 3.07. The fourth-order valence-corrected chi connectivity index (χ4v) is 3.36. The Bertz CT molecular complexity index is 379. The van der Waals surface area contributed by atoms with E-state index in [1.807, 2.05) is 0 Å². The Balaban J connectivity index is 1.87. The van der Waals surface area contributed by atoms with E-state index in [0.29, 0.717) is 12.6 Å². The number of thiophene rings is 1. The van der Waals surface area contributed by atoms with E-state index in [1.165, 1.54) is 16.9 Å². The predicted molar refractivity (Wildman–Crippen MR) is 71.8 cm³/mol. The van der Waals surface area contributed by atoms with Crippen LogP contribution in [0.25, 0.3) is 0 Å². The summed E-state index contributed by atoms with van der Waals surface area (Å²) in [4.78, 5) is 14.2. The standard InChI is InChI=1S/C13H20N2OS/c1-3-14-9(2)8-15-13(16)12-7-10-5-4-6-11(10)17-12/h7,9,14H,3-6,8H2,1-2H3,(H,15,16)/t9-/m1/s1. The summed E-state index contributed by atoms with van der Waals surface area (Å²) in [6.07, 6.45) is 3.55. The molecule has 1 aromatic rings. The number of amides is 1. The number of likely N-dealkylation sites (N-methyl/N-ethyl adjacent to an activating group) is 1. The minimum atomic E-state index is 0.0779. The van der Waals surface area contributed by atoms with Gasteiger partial charge < -0.3 is 10.6 Å². The number of nitrogens with one attached hydrogen (secondary N) is 2. The first-order valence-electron chi connectivity index (χ1n) is 6.34. The maximum Gasteiger partial charge on any atom is 0.261 e. The largest absolute Gasteiger partial charge is 0.350 e. The Labute approximate surface area is 107 Å². The van der Waals surface area contributed by atoms with Crippen LogP contribution >= 0.6 is 11.3 Å². The zero-order valence-electron chi connectivity index (χ0n) is 10.5. The van der Waals surface area contributed by atoms with Gasteiger partial charge in [-0.15, -0.1) is 11.3 Å². The number of hydrogen-bond acceptors (Lipinski definition) is 3. The lowest BCUT2D eigenvalue weighted by atomic mass is 10.2. The lowest BCUT2D eigenvalue weighted by Crippen LogP contribution is -2.38. The molecule has 0 aromatic carbocycles. The maximum atomic E-state index is 11.9. The Morgan fingerprint density at radius 2 is 2.35 bits per heavy atom. The number of rotatable bonds is 5. The quantitative estimate of drug-likeness (QED) is 0.841. The average molecular weight is 252 g/mol. The van der Waals surface area contributed by atoms with Gasteiger partial charge >= 0.3 is 0 Å². The van der Waals surface area contributed by atoms with Crippen LogP contribution in [0.5, 0.6) is 0 Å². The van der Waals surface area contributed by atoms with E-state index in [9.17, 15) is 4.79 Å². The van der Waals surface area contributed by atoms with Gasteiger partial charge in [0.2, 0.25) is 0 Å². The van der Waals surface area contributed by atoms with Crippen LogP contribution in [0.4, 0.5) is 0 Å². The van der Waals surface area contributed by atoms with Crippen molar-refractivity contribution in [1.82, 2.24) is 10.6 Å². The van der Waals surface area contributed by atoms with Crippen LogP contribution in [0.3, 0.4) is 0 Å². The summed E-state index contributed by atoms with van der Waals surface area (Å²) in [7, 11) is 0. The average Bonchev–Trinajstić information content (AvgIpc) is 2.86. The first kappa shape index (κ1) is 12.6. The summed E-state index contributed by atoms with van der Waals surface area (Å²) >= 11 is 1.66. The van der Waals surface area contributed by atoms with Gasteiger partial charge in [0.1, 0.15) is 0 Å². The molecule has 94 valence electrons. The molecule has 0 spiro atoms. The van der Waals surface area contributed by atoms with Crippen molar-refractivity contribution in [3.05, 3.63) is 21.4 Å². The summed E-state index contributed by atoms with van der Waals surface area (Å²) in [5.41, 5.74) is 1.39. The van der Waals surface area contributed by atoms with Gasteiger partial charge in [0.15, 0.2) is 0 Å². The first-order chi connectivity index (χ1) is 8.20. The molecule has 1 atom stereocenters. The van der Waals surface area contributed by atoms with Crippen molar-refractivity contribution in [1.29, 1.82) is 0 Å². The minimum Gasteiger partial charge on any atom is -0.350 e. The number of carbonyl (C=O) groups is 1. The monoisotopic (exact) mass is 252 g/mol. The smallest absolute Gasteiger partial charge is 0.261 e. The van der Waals surface area contributed by atoms with E-state index < -0.39 is 0 Å². The van der Waals surface area contributed by atoms with Crippen LogP contribution in [0.15, 0.2) is 6.07 Å². The van der Waals surface area contributed by atoms with Gasteiger partial charge in [-0.05, 0) is 44.4 Å². The van der Waals surface area contributed by atoms with Gasteiger partial charge in [-0.1, -0.05) is 6.92 Å². The summed E-state index contributed by atoms with van der Waals surface area (Å²) in [5, 5.41) is 6.26. The third-order valence-corrected chi connectivity index (χ3v) is 4.33. The van der Waals surface area contributed by atoms with Crippen molar-refractivity contribution in [2.75, 3.05) is 13.1 Å². The van der Waals surface area contributed by atoms with Gasteiger partial charge in [-0.3, -0.25) is 4.79 Å². The van der Waals surface area contributed by atoms with E-state index in [-0.39, 0.29) is 5.91 Å². The maximum absolute atomic E-state index is 11.9.